The van der Waals surface area contributed by atoms with Crippen molar-refractivity contribution < 1.29 is 0 Å². The highest BCUT2D eigenvalue weighted by atomic mass is 15.3. The summed E-state index contributed by atoms with van der Waals surface area (Å²) in [6.45, 7) is 2.08. The van der Waals surface area contributed by atoms with E-state index in [2.05, 4.69) is 49.4 Å². The zero-order valence-corrected chi connectivity index (χ0v) is 12.9. The molecule has 0 bridgehead atoms. The molecule has 3 heteroatoms. The molecule has 0 spiro atoms. The monoisotopic (exact) mass is 299 g/mol. The Labute approximate surface area is 135 Å². The van der Waals surface area contributed by atoms with Crippen molar-refractivity contribution in [1.29, 1.82) is 0 Å². The van der Waals surface area contributed by atoms with Crippen LogP contribution in [-0.4, -0.2) is 9.78 Å². The smallest absolute Gasteiger partial charge is 0.127 e. The first-order chi connectivity index (χ1) is 11.2. The molecule has 0 aliphatic carbocycles. The third kappa shape index (κ3) is 2.36. The predicted octanol–water partition coefficient (Wildman–Crippen LogP) is 4.58. The Balaban J connectivity index is 1.88. The molecule has 1 heterocycles. The lowest BCUT2D eigenvalue weighted by molar-refractivity contribution is 0.902. The van der Waals surface area contributed by atoms with Crippen molar-refractivity contribution in [3.05, 3.63) is 78.4 Å². The van der Waals surface area contributed by atoms with Gasteiger partial charge in [-0.05, 0) is 18.4 Å². The molecule has 23 heavy (non-hydrogen) atoms. The fraction of sp³-hybridized carbons (Fsp3) is 0.0500. The summed E-state index contributed by atoms with van der Waals surface area (Å²) < 4.78 is 1.82. The maximum atomic E-state index is 6.23. The number of nitrogens with two attached hydrogens (primary N) is 1. The summed E-state index contributed by atoms with van der Waals surface area (Å²) in [4.78, 5) is 0. The van der Waals surface area contributed by atoms with Gasteiger partial charge >= 0.3 is 0 Å². The molecule has 0 saturated heterocycles. The van der Waals surface area contributed by atoms with Gasteiger partial charge in [-0.15, -0.1) is 0 Å². The van der Waals surface area contributed by atoms with Crippen LogP contribution in [0, 0.1) is 6.92 Å². The highest BCUT2D eigenvalue weighted by molar-refractivity contribution is 5.90. The van der Waals surface area contributed by atoms with Gasteiger partial charge in [0.1, 0.15) is 5.82 Å². The van der Waals surface area contributed by atoms with Gasteiger partial charge in [-0.3, -0.25) is 0 Å². The van der Waals surface area contributed by atoms with E-state index in [1.807, 2.05) is 35.0 Å². The normalized spacial score (nSPS) is 11.0. The predicted molar refractivity (Wildman–Crippen MR) is 95.7 cm³/mol. The van der Waals surface area contributed by atoms with Crippen LogP contribution in [0.1, 0.15) is 5.56 Å². The van der Waals surface area contributed by atoms with E-state index in [-0.39, 0.29) is 0 Å². The van der Waals surface area contributed by atoms with Crippen LogP contribution in [0.25, 0.3) is 27.7 Å². The fourth-order valence-corrected chi connectivity index (χ4v) is 2.85. The van der Waals surface area contributed by atoms with E-state index >= 15 is 0 Å². The molecule has 3 nitrogen and oxygen atoms in total. The number of nitrogens with zero attached hydrogens (tertiary/aromatic N) is 2. The van der Waals surface area contributed by atoms with Crippen molar-refractivity contribution >= 4 is 16.6 Å². The van der Waals surface area contributed by atoms with Crippen LogP contribution in [0.3, 0.4) is 0 Å². The van der Waals surface area contributed by atoms with Gasteiger partial charge < -0.3 is 5.73 Å². The first-order valence-corrected chi connectivity index (χ1v) is 7.63. The van der Waals surface area contributed by atoms with Gasteiger partial charge in [-0.2, -0.15) is 5.10 Å². The lowest BCUT2D eigenvalue weighted by Crippen LogP contribution is -2.02. The molecule has 0 radical (unpaired) electrons. The van der Waals surface area contributed by atoms with Crippen LogP contribution in [0.15, 0.2) is 72.8 Å². The molecule has 4 rings (SSSR count). The van der Waals surface area contributed by atoms with E-state index in [1.54, 1.807) is 0 Å². The lowest BCUT2D eigenvalue weighted by Gasteiger charge is -2.08. The van der Waals surface area contributed by atoms with E-state index in [0.717, 1.165) is 22.3 Å². The second kappa shape index (κ2) is 5.29. The number of hydrogen-bond acceptors (Lipinski definition) is 2. The minimum atomic E-state index is 0.636. The molecule has 4 aromatic rings. The number of rotatable bonds is 2. The zero-order valence-electron chi connectivity index (χ0n) is 12.9. The van der Waals surface area contributed by atoms with Crippen LogP contribution >= 0.6 is 0 Å². The van der Waals surface area contributed by atoms with Crippen LogP contribution in [0.5, 0.6) is 0 Å². The second-order valence-electron chi connectivity index (χ2n) is 5.73. The molecule has 0 fully saturated rings. The molecule has 0 aliphatic rings. The average Bonchev–Trinajstić information content (AvgIpc) is 2.96. The number of aromatic nitrogens is 2. The molecule has 112 valence electrons. The Morgan fingerprint density at radius 1 is 0.870 bits per heavy atom. The highest BCUT2D eigenvalue weighted by Gasteiger charge is 2.11. The van der Waals surface area contributed by atoms with Gasteiger partial charge in [0, 0.05) is 17.0 Å². The third-order valence-corrected chi connectivity index (χ3v) is 4.08. The Kier molecular flexibility index (Phi) is 3.12. The molecule has 3 aromatic carbocycles. The van der Waals surface area contributed by atoms with E-state index < -0.39 is 0 Å². The molecule has 0 amide bonds. The largest absolute Gasteiger partial charge is 0.384 e. The molecular weight excluding hydrogens is 282 g/mol. The Morgan fingerprint density at radius 2 is 1.61 bits per heavy atom. The molecule has 0 saturated carbocycles. The number of anilines is 1. The number of fused-ring (bicyclic) bond motifs is 1. The van der Waals surface area contributed by atoms with Gasteiger partial charge in [0.2, 0.25) is 0 Å². The number of aryl methyl sites for hydroxylation is 1. The standard InChI is InChI=1S/C20H17N3/c1-14-9-11-16(12-10-14)18-13-20(21)23(22-18)19-8-4-6-15-5-2-3-7-17(15)19/h2-13H,21H2,1H3. The van der Waals surface area contributed by atoms with Gasteiger partial charge in [0.25, 0.3) is 0 Å². The summed E-state index contributed by atoms with van der Waals surface area (Å²) in [5.41, 5.74) is 10.4. The van der Waals surface area contributed by atoms with Crippen molar-refractivity contribution in [1.82, 2.24) is 9.78 Å². The molecule has 1 aromatic heterocycles. The second-order valence-corrected chi connectivity index (χ2v) is 5.73. The minimum Gasteiger partial charge on any atom is -0.384 e. The summed E-state index contributed by atoms with van der Waals surface area (Å²) in [7, 11) is 0. The summed E-state index contributed by atoms with van der Waals surface area (Å²) in [5, 5.41) is 7.04. The summed E-state index contributed by atoms with van der Waals surface area (Å²) >= 11 is 0. The topological polar surface area (TPSA) is 43.8 Å². The summed E-state index contributed by atoms with van der Waals surface area (Å²) in [6, 6.07) is 24.7. The van der Waals surface area contributed by atoms with Gasteiger partial charge in [-0.25, -0.2) is 4.68 Å². The van der Waals surface area contributed by atoms with Crippen LogP contribution in [0.2, 0.25) is 0 Å². The van der Waals surface area contributed by atoms with Crippen molar-refractivity contribution in [3.8, 4) is 16.9 Å². The molecule has 0 aliphatic heterocycles. The fourth-order valence-electron chi connectivity index (χ4n) is 2.85. The van der Waals surface area contributed by atoms with E-state index in [9.17, 15) is 0 Å². The molecule has 2 N–H and O–H groups in total. The molecule has 0 unspecified atom stereocenters. The Morgan fingerprint density at radius 3 is 2.43 bits per heavy atom. The number of nitrogen functional groups attached to an aromatic ring is 1. The SMILES string of the molecule is Cc1ccc(-c2cc(N)n(-c3cccc4ccccc34)n2)cc1. The average molecular weight is 299 g/mol. The van der Waals surface area contributed by atoms with E-state index in [1.165, 1.54) is 10.9 Å². The summed E-state index contributed by atoms with van der Waals surface area (Å²) in [6.07, 6.45) is 0. The first kappa shape index (κ1) is 13.6. The van der Waals surface area contributed by atoms with E-state index in [0.29, 0.717) is 5.82 Å². The van der Waals surface area contributed by atoms with Crippen molar-refractivity contribution in [2.75, 3.05) is 5.73 Å². The molecular formula is C20H17N3. The highest BCUT2D eigenvalue weighted by Crippen LogP contribution is 2.27. The lowest BCUT2D eigenvalue weighted by atomic mass is 10.1. The van der Waals surface area contributed by atoms with Crippen LogP contribution < -0.4 is 5.73 Å². The van der Waals surface area contributed by atoms with Crippen LogP contribution in [0.4, 0.5) is 5.82 Å². The number of benzene rings is 3. The Bertz CT molecular complexity index is 976. The summed E-state index contributed by atoms with van der Waals surface area (Å²) in [5.74, 6) is 0.636. The van der Waals surface area contributed by atoms with Crippen molar-refractivity contribution in [2.24, 2.45) is 0 Å². The van der Waals surface area contributed by atoms with E-state index in [4.69, 9.17) is 10.8 Å². The number of hydrogen-bond donors (Lipinski definition) is 1. The van der Waals surface area contributed by atoms with Gasteiger partial charge in [-0.1, -0.05) is 66.2 Å². The van der Waals surface area contributed by atoms with Crippen molar-refractivity contribution in [3.63, 3.8) is 0 Å². The maximum absolute atomic E-state index is 6.23. The first-order valence-electron chi connectivity index (χ1n) is 7.63. The molecule has 0 atom stereocenters. The third-order valence-electron chi connectivity index (χ3n) is 4.08. The minimum absolute atomic E-state index is 0.636. The Hall–Kier alpha value is -3.07. The van der Waals surface area contributed by atoms with Crippen molar-refractivity contribution in [2.45, 2.75) is 6.92 Å². The zero-order chi connectivity index (χ0) is 15.8. The van der Waals surface area contributed by atoms with Gasteiger partial charge in [0.15, 0.2) is 0 Å². The quantitative estimate of drug-likeness (QED) is 0.588. The van der Waals surface area contributed by atoms with Gasteiger partial charge in [0.05, 0.1) is 11.4 Å². The van der Waals surface area contributed by atoms with Crippen LogP contribution in [-0.2, 0) is 0 Å². The maximum Gasteiger partial charge on any atom is 0.127 e.